The van der Waals surface area contributed by atoms with Crippen molar-refractivity contribution in [2.24, 2.45) is 0 Å². The molecule has 0 aliphatic carbocycles. The second kappa shape index (κ2) is 6.93. The summed E-state index contributed by atoms with van der Waals surface area (Å²) >= 11 is 1.51. The van der Waals surface area contributed by atoms with Crippen LogP contribution in [-0.4, -0.2) is 15.2 Å². The van der Waals surface area contributed by atoms with Crippen LogP contribution in [0.2, 0.25) is 0 Å². The second-order valence-corrected chi connectivity index (χ2v) is 7.28. The molecule has 2 heterocycles. The topological polar surface area (TPSA) is 34.4 Å². The van der Waals surface area contributed by atoms with E-state index < -0.39 is 0 Å². The zero-order valence-electron chi connectivity index (χ0n) is 14.9. The number of carbonyl (C=O) groups excluding carboxylic acids is 1. The van der Waals surface area contributed by atoms with Gasteiger partial charge in [-0.1, -0.05) is 12.1 Å². The Morgan fingerprint density at radius 1 is 1.11 bits per heavy atom. The number of allylic oxidation sites excluding steroid dienone is 1. The van der Waals surface area contributed by atoms with Crippen molar-refractivity contribution < 1.29 is 9.18 Å². The van der Waals surface area contributed by atoms with Crippen LogP contribution in [0.25, 0.3) is 22.3 Å². The Hall–Kier alpha value is -3.05. The van der Waals surface area contributed by atoms with E-state index in [-0.39, 0.29) is 11.6 Å². The van der Waals surface area contributed by atoms with Crippen LogP contribution in [0.15, 0.2) is 60.1 Å². The number of imidazole rings is 1. The summed E-state index contributed by atoms with van der Waals surface area (Å²) in [6.07, 6.45) is 5.27. The molecule has 0 radical (unpaired) electrons. The number of aromatic nitrogens is 2. The van der Waals surface area contributed by atoms with Gasteiger partial charge in [-0.3, -0.25) is 9.20 Å². The van der Waals surface area contributed by atoms with E-state index in [1.165, 1.54) is 23.5 Å². The molecule has 27 heavy (non-hydrogen) atoms. The van der Waals surface area contributed by atoms with Crippen molar-refractivity contribution in [3.8, 4) is 11.3 Å². The van der Waals surface area contributed by atoms with E-state index >= 15 is 0 Å². The molecule has 3 nitrogen and oxygen atoms in total. The van der Waals surface area contributed by atoms with Crippen LogP contribution in [0, 0.1) is 19.7 Å². The Balaban J connectivity index is 1.74. The molecule has 0 spiro atoms. The van der Waals surface area contributed by atoms with Gasteiger partial charge in [0.2, 0.25) is 0 Å². The van der Waals surface area contributed by atoms with Gasteiger partial charge < -0.3 is 0 Å². The van der Waals surface area contributed by atoms with Gasteiger partial charge in [0.1, 0.15) is 5.82 Å². The van der Waals surface area contributed by atoms with Gasteiger partial charge in [-0.25, -0.2) is 9.37 Å². The number of thiazole rings is 1. The van der Waals surface area contributed by atoms with Gasteiger partial charge in [-0.05, 0) is 67.5 Å². The normalized spacial score (nSPS) is 11.5. The summed E-state index contributed by atoms with van der Waals surface area (Å²) in [6.45, 7) is 4.02. The third-order valence-corrected chi connectivity index (χ3v) is 5.36. The first-order valence-corrected chi connectivity index (χ1v) is 9.42. The largest absolute Gasteiger partial charge is 0.290 e. The number of aryl methyl sites for hydroxylation is 2. The number of hydrogen-bond acceptors (Lipinski definition) is 3. The predicted molar refractivity (Wildman–Crippen MR) is 108 cm³/mol. The molecule has 0 N–H and O–H groups in total. The molecule has 0 atom stereocenters. The Morgan fingerprint density at radius 3 is 2.63 bits per heavy atom. The molecule has 0 saturated heterocycles. The summed E-state index contributed by atoms with van der Waals surface area (Å²) in [4.78, 5) is 18.1. The first kappa shape index (κ1) is 17.4. The number of hydrogen-bond donors (Lipinski definition) is 0. The number of nitrogens with zero attached hydrogens (tertiary/aromatic N) is 2. The lowest BCUT2D eigenvalue weighted by Gasteiger charge is -2.03. The van der Waals surface area contributed by atoms with Crippen molar-refractivity contribution in [3.63, 3.8) is 0 Å². The number of fused-ring (bicyclic) bond motifs is 1. The van der Waals surface area contributed by atoms with Gasteiger partial charge in [0.15, 0.2) is 10.7 Å². The average Bonchev–Trinajstić information content (AvgIpc) is 3.24. The minimum atomic E-state index is -0.290. The smallest absolute Gasteiger partial charge is 0.194 e. The molecule has 134 valence electrons. The first-order valence-electron chi connectivity index (χ1n) is 8.54. The van der Waals surface area contributed by atoms with E-state index in [1.807, 2.05) is 48.0 Å². The molecular weight excluding hydrogens is 359 g/mol. The molecule has 0 unspecified atom stereocenters. The Labute approximate surface area is 160 Å². The summed E-state index contributed by atoms with van der Waals surface area (Å²) in [7, 11) is 0. The zero-order chi connectivity index (χ0) is 19.0. The summed E-state index contributed by atoms with van der Waals surface area (Å²) < 4.78 is 15.2. The van der Waals surface area contributed by atoms with Crippen molar-refractivity contribution in [2.45, 2.75) is 13.8 Å². The van der Waals surface area contributed by atoms with Crippen LogP contribution in [0.4, 0.5) is 4.39 Å². The van der Waals surface area contributed by atoms with Crippen LogP contribution in [-0.2, 0) is 0 Å². The maximum absolute atomic E-state index is 13.3. The molecule has 2 aromatic carbocycles. The average molecular weight is 376 g/mol. The van der Waals surface area contributed by atoms with Crippen molar-refractivity contribution in [1.82, 2.24) is 9.38 Å². The molecule has 0 aliphatic heterocycles. The Bertz CT molecular complexity index is 1170. The number of carbonyl (C=O) groups is 1. The fraction of sp³-hybridized carbons (Fsp3) is 0.0909. The van der Waals surface area contributed by atoms with E-state index in [2.05, 4.69) is 4.98 Å². The molecule has 2 aromatic heterocycles. The Morgan fingerprint density at radius 2 is 1.89 bits per heavy atom. The predicted octanol–water partition coefficient (Wildman–Crippen LogP) is 5.71. The van der Waals surface area contributed by atoms with E-state index in [9.17, 15) is 9.18 Å². The van der Waals surface area contributed by atoms with E-state index in [0.29, 0.717) is 5.56 Å². The van der Waals surface area contributed by atoms with Crippen LogP contribution < -0.4 is 0 Å². The fourth-order valence-electron chi connectivity index (χ4n) is 2.93. The summed E-state index contributed by atoms with van der Waals surface area (Å²) in [5.74, 6) is -0.352. The zero-order valence-corrected chi connectivity index (χ0v) is 15.8. The molecule has 0 amide bonds. The van der Waals surface area contributed by atoms with Gasteiger partial charge in [0.05, 0.1) is 11.4 Å². The van der Waals surface area contributed by atoms with Crippen LogP contribution in [0.1, 0.15) is 27.2 Å². The van der Waals surface area contributed by atoms with Crippen molar-refractivity contribution in [2.75, 3.05) is 0 Å². The minimum absolute atomic E-state index is 0.0617. The van der Waals surface area contributed by atoms with Gasteiger partial charge >= 0.3 is 0 Å². The quantitative estimate of drug-likeness (QED) is 0.337. The minimum Gasteiger partial charge on any atom is -0.290 e. The van der Waals surface area contributed by atoms with Crippen molar-refractivity contribution in [1.29, 1.82) is 0 Å². The van der Waals surface area contributed by atoms with Gasteiger partial charge in [0.25, 0.3) is 0 Å². The monoisotopic (exact) mass is 376 g/mol. The molecule has 0 bridgehead atoms. The highest BCUT2D eigenvalue weighted by Crippen LogP contribution is 2.28. The first-order chi connectivity index (χ1) is 13.0. The molecule has 5 heteroatoms. The summed E-state index contributed by atoms with van der Waals surface area (Å²) in [6, 6.07) is 11.9. The maximum Gasteiger partial charge on any atom is 0.194 e. The number of ketones is 1. The SMILES string of the molecule is Cc1ccc(C(=O)C=Cc2c(-c3ccc(F)cc3)nc3sccn23)cc1C. The van der Waals surface area contributed by atoms with Gasteiger partial charge in [0, 0.05) is 22.7 Å². The van der Waals surface area contributed by atoms with E-state index in [1.54, 1.807) is 24.3 Å². The van der Waals surface area contributed by atoms with Crippen LogP contribution >= 0.6 is 11.3 Å². The molecular formula is C22H17FN2OS. The lowest BCUT2D eigenvalue weighted by atomic mass is 10.0. The van der Waals surface area contributed by atoms with Gasteiger partial charge in [-0.2, -0.15) is 0 Å². The van der Waals surface area contributed by atoms with Crippen molar-refractivity contribution in [3.05, 3.63) is 88.3 Å². The Kier molecular flexibility index (Phi) is 4.46. The fourth-order valence-corrected chi connectivity index (χ4v) is 3.65. The third kappa shape index (κ3) is 3.34. The highest BCUT2D eigenvalue weighted by atomic mass is 32.1. The van der Waals surface area contributed by atoms with Gasteiger partial charge in [-0.15, -0.1) is 11.3 Å². The second-order valence-electron chi connectivity index (χ2n) is 6.40. The van der Waals surface area contributed by atoms with Crippen molar-refractivity contribution >= 4 is 28.2 Å². The summed E-state index contributed by atoms with van der Waals surface area (Å²) in [5, 5.41) is 1.94. The number of halogens is 1. The van der Waals surface area contributed by atoms with Crippen LogP contribution in [0.3, 0.4) is 0 Å². The molecule has 4 rings (SSSR count). The van der Waals surface area contributed by atoms with E-state index in [0.717, 1.165) is 33.0 Å². The highest BCUT2D eigenvalue weighted by molar-refractivity contribution is 7.15. The number of benzene rings is 2. The molecule has 0 aliphatic rings. The van der Waals surface area contributed by atoms with Crippen LogP contribution in [0.5, 0.6) is 0 Å². The number of rotatable bonds is 4. The lowest BCUT2D eigenvalue weighted by molar-refractivity contribution is 0.104. The third-order valence-electron chi connectivity index (χ3n) is 4.60. The van der Waals surface area contributed by atoms with E-state index in [4.69, 9.17) is 0 Å². The summed E-state index contributed by atoms with van der Waals surface area (Å²) in [5.41, 5.74) is 5.24. The molecule has 0 saturated carbocycles. The molecule has 4 aromatic rings. The maximum atomic E-state index is 13.3. The molecule has 0 fully saturated rings. The standard InChI is InChI=1S/C22H17FN2OS/c1-14-3-4-17(13-15(14)2)20(26)10-9-19-21(16-5-7-18(23)8-6-16)24-22-25(19)11-12-27-22/h3-13H,1-2H3. The lowest BCUT2D eigenvalue weighted by Crippen LogP contribution is -1.96. The highest BCUT2D eigenvalue weighted by Gasteiger charge is 2.13.